The molecule has 8 heteroatoms. The molecule has 24 heavy (non-hydrogen) atoms. The van der Waals surface area contributed by atoms with Crippen LogP contribution in [0.3, 0.4) is 0 Å². The summed E-state index contributed by atoms with van der Waals surface area (Å²) in [6, 6.07) is 7.39. The van der Waals surface area contributed by atoms with Gasteiger partial charge in [-0.1, -0.05) is 23.7 Å². The number of carboxylic acids is 1. The number of fused-ring (bicyclic) bond motifs is 1. The molecule has 1 aromatic carbocycles. The number of halogens is 1. The van der Waals surface area contributed by atoms with Crippen LogP contribution in [-0.2, 0) is 21.2 Å². The predicted octanol–water partition coefficient (Wildman–Crippen LogP) is 1.10. The molecule has 2 heterocycles. The van der Waals surface area contributed by atoms with Crippen molar-refractivity contribution >= 4 is 27.4 Å². The molecular weight excluding hydrogens is 352 g/mol. The van der Waals surface area contributed by atoms with Crippen molar-refractivity contribution in [3.8, 4) is 0 Å². The highest BCUT2D eigenvalue weighted by Gasteiger charge is 2.46. The number of benzene rings is 1. The molecule has 2 aliphatic heterocycles. The highest BCUT2D eigenvalue weighted by atomic mass is 35.5. The summed E-state index contributed by atoms with van der Waals surface area (Å²) in [6.45, 7) is 2.51. The Morgan fingerprint density at radius 1 is 1.12 bits per heavy atom. The van der Waals surface area contributed by atoms with Crippen LogP contribution in [0.4, 0.5) is 0 Å². The Morgan fingerprint density at radius 3 is 2.33 bits per heavy atom. The quantitative estimate of drug-likeness (QED) is 0.833. The predicted molar refractivity (Wildman–Crippen MR) is 91.9 cm³/mol. The van der Waals surface area contributed by atoms with E-state index in [-0.39, 0.29) is 30.0 Å². The van der Waals surface area contributed by atoms with Crippen LogP contribution in [-0.4, -0.2) is 72.5 Å². The molecule has 0 radical (unpaired) electrons. The van der Waals surface area contributed by atoms with Crippen molar-refractivity contribution in [2.75, 3.05) is 31.1 Å². The molecule has 2 saturated heterocycles. The standard InChI is InChI=1S/C16H21ClN2O4S/c17-13-3-1-12(2-4-13)9-19-8-7-18(6-5-16(20)21)14-10-24(22,23)11-15(14)19/h1-4,14-15H,5-11H2,(H,20,21). The van der Waals surface area contributed by atoms with Crippen LogP contribution in [0, 0.1) is 0 Å². The van der Waals surface area contributed by atoms with E-state index in [1.54, 1.807) is 0 Å². The zero-order chi connectivity index (χ0) is 17.3. The number of nitrogens with zero attached hydrogens (tertiary/aromatic N) is 2. The zero-order valence-corrected chi connectivity index (χ0v) is 14.8. The number of aliphatic carboxylic acids is 1. The first-order valence-corrected chi connectivity index (χ1v) is 10.2. The first kappa shape index (κ1) is 17.7. The molecular formula is C16H21ClN2O4S. The van der Waals surface area contributed by atoms with Gasteiger partial charge in [-0.05, 0) is 17.7 Å². The number of hydrogen-bond acceptors (Lipinski definition) is 5. The maximum atomic E-state index is 12.1. The lowest BCUT2D eigenvalue weighted by Crippen LogP contribution is -2.58. The second kappa shape index (κ2) is 7.00. The molecule has 6 nitrogen and oxygen atoms in total. The van der Waals surface area contributed by atoms with Gasteiger partial charge in [0.25, 0.3) is 0 Å². The highest BCUT2D eigenvalue weighted by Crippen LogP contribution is 2.28. The Labute approximate surface area is 146 Å². The van der Waals surface area contributed by atoms with Crippen molar-refractivity contribution in [3.05, 3.63) is 34.9 Å². The van der Waals surface area contributed by atoms with Gasteiger partial charge in [-0.2, -0.15) is 0 Å². The summed E-state index contributed by atoms with van der Waals surface area (Å²) < 4.78 is 24.3. The molecule has 2 atom stereocenters. The summed E-state index contributed by atoms with van der Waals surface area (Å²) in [4.78, 5) is 15.1. The van der Waals surface area contributed by atoms with Crippen molar-refractivity contribution in [3.63, 3.8) is 0 Å². The van der Waals surface area contributed by atoms with Crippen molar-refractivity contribution in [1.82, 2.24) is 9.80 Å². The largest absolute Gasteiger partial charge is 0.481 e. The van der Waals surface area contributed by atoms with E-state index < -0.39 is 15.8 Å². The maximum Gasteiger partial charge on any atom is 0.304 e. The van der Waals surface area contributed by atoms with E-state index in [9.17, 15) is 13.2 Å². The molecule has 0 spiro atoms. The molecule has 0 bridgehead atoms. The Morgan fingerprint density at radius 2 is 1.71 bits per heavy atom. The van der Waals surface area contributed by atoms with Crippen molar-refractivity contribution in [2.24, 2.45) is 0 Å². The second-order valence-electron chi connectivity index (χ2n) is 6.49. The normalized spacial score (nSPS) is 27.0. The molecule has 1 aromatic rings. The summed E-state index contributed by atoms with van der Waals surface area (Å²) >= 11 is 5.91. The zero-order valence-electron chi connectivity index (χ0n) is 13.3. The van der Waals surface area contributed by atoms with Gasteiger partial charge in [0.05, 0.1) is 17.9 Å². The molecule has 2 unspecified atom stereocenters. The minimum atomic E-state index is -3.08. The van der Waals surface area contributed by atoms with Crippen molar-refractivity contribution in [1.29, 1.82) is 0 Å². The Kier molecular flexibility index (Phi) is 5.15. The SMILES string of the molecule is O=C(O)CCN1CCN(Cc2ccc(Cl)cc2)C2CS(=O)(=O)CC21. The number of carbonyl (C=O) groups is 1. The van der Waals surface area contributed by atoms with Crippen LogP contribution in [0.2, 0.25) is 5.02 Å². The van der Waals surface area contributed by atoms with Crippen LogP contribution in [0.1, 0.15) is 12.0 Å². The van der Waals surface area contributed by atoms with Crippen molar-refractivity contribution in [2.45, 2.75) is 25.0 Å². The van der Waals surface area contributed by atoms with E-state index >= 15 is 0 Å². The average Bonchev–Trinajstić information content (AvgIpc) is 2.84. The van der Waals surface area contributed by atoms with Crippen LogP contribution in [0.25, 0.3) is 0 Å². The topological polar surface area (TPSA) is 77.9 Å². The molecule has 0 saturated carbocycles. The van der Waals surface area contributed by atoms with Gasteiger partial charge in [0, 0.05) is 43.3 Å². The summed E-state index contributed by atoms with van der Waals surface area (Å²) in [5.74, 6) is -0.584. The van der Waals surface area contributed by atoms with Gasteiger partial charge in [0.15, 0.2) is 9.84 Å². The highest BCUT2D eigenvalue weighted by molar-refractivity contribution is 7.91. The van der Waals surface area contributed by atoms with E-state index in [2.05, 4.69) is 4.90 Å². The summed E-state index contributed by atoms with van der Waals surface area (Å²) in [6.07, 6.45) is 0.0421. The maximum absolute atomic E-state index is 12.1. The molecule has 0 aliphatic carbocycles. The Balaban J connectivity index is 1.74. The van der Waals surface area contributed by atoms with Gasteiger partial charge in [-0.3, -0.25) is 14.6 Å². The Bertz CT molecular complexity index is 707. The fraction of sp³-hybridized carbons (Fsp3) is 0.562. The van der Waals surface area contributed by atoms with Gasteiger partial charge in [-0.15, -0.1) is 0 Å². The van der Waals surface area contributed by atoms with Gasteiger partial charge in [0.2, 0.25) is 0 Å². The van der Waals surface area contributed by atoms with Gasteiger partial charge < -0.3 is 5.11 Å². The lowest BCUT2D eigenvalue weighted by atomic mass is 10.0. The van der Waals surface area contributed by atoms with E-state index in [0.717, 1.165) is 12.1 Å². The number of carboxylic acid groups (broad SMARTS) is 1. The first-order chi connectivity index (χ1) is 11.3. The molecule has 132 valence electrons. The number of rotatable bonds is 5. The number of sulfone groups is 1. The van der Waals surface area contributed by atoms with Gasteiger partial charge in [0.1, 0.15) is 0 Å². The molecule has 3 rings (SSSR count). The molecule has 2 aliphatic rings. The molecule has 1 N–H and O–H groups in total. The summed E-state index contributed by atoms with van der Waals surface area (Å²) in [5, 5.41) is 9.57. The van der Waals surface area contributed by atoms with E-state index in [0.29, 0.717) is 24.7 Å². The Hall–Kier alpha value is -1.15. The molecule has 0 aromatic heterocycles. The summed E-state index contributed by atoms with van der Waals surface area (Å²) in [7, 11) is -3.08. The fourth-order valence-corrected chi connectivity index (χ4v) is 5.80. The van der Waals surface area contributed by atoms with Crippen LogP contribution in [0.5, 0.6) is 0 Å². The smallest absolute Gasteiger partial charge is 0.304 e. The molecule has 0 amide bonds. The van der Waals surface area contributed by atoms with Crippen LogP contribution in [0.15, 0.2) is 24.3 Å². The minimum Gasteiger partial charge on any atom is -0.481 e. The van der Waals surface area contributed by atoms with Gasteiger partial charge in [-0.25, -0.2) is 8.42 Å². The van der Waals surface area contributed by atoms with E-state index in [1.807, 2.05) is 29.2 Å². The minimum absolute atomic E-state index is 0.0421. The van der Waals surface area contributed by atoms with Crippen LogP contribution < -0.4 is 0 Å². The fourth-order valence-electron chi connectivity index (χ4n) is 3.63. The van der Waals surface area contributed by atoms with Crippen molar-refractivity contribution < 1.29 is 18.3 Å². The summed E-state index contributed by atoms with van der Waals surface area (Å²) in [5.41, 5.74) is 1.10. The monoisotopic (exact) mass is 372 g/mol. The third-order valence-corrected chi connectivity index (χ3v) is 6.77. The van der Waals surface area contributed by atoms with Gasteiger partial charge >= 0.3 is 5.97 Å². The molecule has 2 fully saturated rings. The van der Waals surface area contributed by atoms with Crippen LogP contribution >= 0.6 is 11.6 Å². The number of piperazine rings is 1. The third-order valence-electron chi connectivity index (χ3n) is 4.82. The average molecular weight is 373 g/mol. The number of hydrogen-bond donors (Lipinski definition) is 1. The van der Waals surface area contributed by atoms with E-state index in [1.165, 1.54) is 0 Å². The van der Waals surface area contributed by atoms with E-state index in [4.69, 9.17) is 16.7 Å². The first-order valence-electron chi connectivity index (χ1n) is 7.99. The second-order valence-corrected chi connectivity index (χ2v) is 9.08. The lowest BCUT2D eigenvalue weighted by molar-refractivity contribution is -0.137. The lowest BCUT2D eigenvalue weighted by Gasteiger charge is -2.43. The third kappa shape index (κ3) is 4.08.